The Morgan fingerprint density at radius 3 is 2.63 bits per heavy atom. The summed E-state index contributed by atoms with van der Waals surface area (Å²) in [6, 6.07) is 0. The zero-order valence-corrected chi connectivity index (χ0v) is 17.0. The van der Waals surface area contributed by atoms with Gasteiger partial charge in [0.1, 0.15) is 18.3 Å². The predicted molar refractivity (Wildman–Crippen MR) is 89.8 cm³/mol. The molecule has 2 aliphatic rings. The standard InChI is InChI=1S/C10H14N5O12P3/c11-10-13-7-4(8(18)14-10)12-2-15(7)9-6(17)5(16)3(24-9)1-23-28-25-29(19,20)27-30(21,22)26-28/h2-3,5-6,9,16-17H,1H2,(H,19,20)(H,21,22)(H3,11,13,14,18)/p-2. The minimum Gasteiger partial charge on any atom is -0.756 e. The second kappa shape index (κ2) is 7.67. The lowest BCUT2D eigenvalue weighted by atomic mass is 10.1. The van der Waals surface area contributed by atoms with E-state index >= 15 is 0 Å². The van der Waals surface area contributed by atoms with Gasteiger partial charge in [-0.2, -0.15) is 4.98 Å². The lowest BCUT2D eigenvalue weighted by Gasteiger charge is -2.38. The molecule has 0 saturated carbocycles. The Bertz CT molecular complexity index is 1100. The number of phosphoric acid groups is 2. The maximum Gasteiger partial charge on any atom is 0.346 e. The minimum absolute atomic E-state index is 0.0332. The lowest BCUT2D eigenvalue weighted by molar-refractivity contribution is -0.240. The molecule has 4 heterocycles. The number of aliphatic hydroxyl groups is 2. The van der Waals surface area contributed by atoms with E-state index in [9.17, 15) is 33.9 Å². The van der Waals surface area contributed by atoms with Gasteiger partial charge >= 0.3 is 8.60 Å². The van der Waals surface area contributed by atoms with Gasteiger partial charge in [0.2, 0.25) is 5.95 Å². The molecule has 5 N–H and O–H groups in total. The highest BCUT2D eigenvalue weighted by Crippen LogP contribution is 2.73. The van der Waals surface area contributed by atoms with Gasteiger partial charge in [-0.3, -0.25) is 23.5 Å². The summed E-state index contributed by atoms with van der Waals surface area (Å²) in [6.45, 7) is -0.636. The van der Waals surface area contributed by atoms with Gasteiger partial charge < -0.3 is 35.0 Å². The van der Waals surface area contributed by atoms with Crippen LogP contribution in [0.15, 0.2) is 11.1 Å². The second-order valence-corrected chi connectivity index (χ2v) is 10.4. The molecule has 0 amide bonds. The van der Waals surface area contributed by atoms with Crippen LogP contribution in [0.25, 0.3) is 11.2 Å². The Labute approximate surface area is 166 Å². The molecule has 0 aromatic carbocycles. The van der Waals surface area contributed by atoms with Crippen molar-refractivity contribution in [3.63, 3.8) is 0 Å². The summed E-state index contributed by atoms with van der Waals surface area (Å²) in [6.07, 6.45) is -4.56. The third-order valence-corrected chi connectivity index (χ3v) is 8.57. The fourth-order valence-corrected chi connectivity index (χ4v) is 6.83. The Hall–Kier alpha value is -1.32. The van der Waals surface area contributed by atoms with Crippen LogP contribution < -0.4 is 21.1 Å². The van der Waals surface area contributed by atoms with Crippen molar-refractivity contribution in [1.29, 1.82) is 0 Å². The molecule has 2 aromatic rings. The van der Waals surface area contributed by atoms with E-state index in [-0.39, 0.29) is 17.1 Å². The molecule has 6 unspecified atom stereocenters. The number of nitrogen functional groups attached to an aromatic ring is 1. The van der Waals surface area contributed by atoms with Gasteiger partial charge in [0.05, 0.1) is 12.9 Å². The number of imidazole rings is 1. The maximum absolute atomic E-state index is 11.9. The molecular formula is C10H12N5O12P3-2. The van der Waals surface area contributed by atoms with Crippen LogP contribution in [0, 0.1) is 0 Å². The van der Waals surface area contributed by atoms with E-state index in [1.54, 1.807) is 0 Å². The van der Waals surface area contributed by atoms with E-state index in [0.29, 0.717) is 0 Å². The van der Waals surface area contributed by atoms with Crippen LogP contribution in [0.1, 0.15) is 6.23 Å². The normalized spacial score (nSPS) is 39.5. The van der Waals surface area contributed by atoms with Crippen molar-refractivity contribution in [2.24, 2.45) is 0 Å². The van der Waals surface area contributed by atoms with Crippen LogP contribution in [0.4, 0.5) is 5.95 Å². The molecule has 6 atom stereocenters. The first-order chi connectivity index (χ1) is 14.0. The van der Waals surface area contributed by atoms with Crippen LogP contribution >= 0.6 is 24.2 Å². The lowest BCUT2D eigenvalue weighted by Crippen LogP contribution is -2.33. The molecular weight excluding hydrogens is 475 g/mol. The fraction of sp³-hybridized carbons (Fsp3) is 0.500. The van der Waals surface area contributed by atoms with Crippen molar-refractivity contribution in [2.75, 3.05) is 12.3 Å². The molecule has 17 nitrogen and oxygen atoms in total. The number of nitrogens with two attached hydrogens (primary N) is 1. The Morgan fingerprint density at radius 2 is 1.97 bits per heavy atom. The SMILES string of the molecule is Nc1nc2c(ncn2C2OC(COP3OP(=O)([O-])OP(=O)([O-])O3)C(O)C2O)c(=O)[nH]1. The summed E-state index contributed by atoms with van der Waals surface area (Å²) in [5.74, 6) is -0.220. The summed E-state index contributed by atoms with van der Waals surface area (Å²) in [7, 11) is -13.3. The number of fused-ring (bicyclic) bond motifs is 1. The first kappa shape index (κ1) is 21.9. The van der Waals surface area contributed by atoms with Crippen LogP contribution in [-0.2, 0) is 31.3 Å². The van der Waals surface area contributed by atoms with Crippen molar-refractivity contribution in [2.45, 2.75) is 24.5 Å². The summed E-state index contributed by atoms with van der Waals surface area (Å²) < 4.78 is 46.3. The number of rotatable bonds is 4. The molecule has 2 fully saturated rings. The number of nitrogens with one attached hydrogen (secondary N) is 1. The largest absolute Gasteiger partial charge is 0.756 e. The van der Waals surface area contributed by atoms with Gasteiger partial charge in [-0.25, -0.2) is 17.9 Å². The highest BCUT2D eigenvalue weighted by atomic mass is 31.3. The second-order valence-electron chi connectivity index (χ2n) is 5.98. The highest BCUT2D eigenvalue weighted by molar-refractivity contribution is 7.71. The molecule has 30 heavy (non-hydrogen) atoms. The van der Waals surface area contributed by atoms with Crippen molar-refractivity contribution in [3.8, 4) is 0 Å². The number of H-pyrrole nitrogens is 1. The molecule has 2 aliphatic heterocycles. The maximum atomic E-state index is 11.9. The summed E-state index contributed by atoms with van der Waals surface area (Å²) in [5, 5.41) is 20.5. The van der Waals surface area contributed by atoms with Crippen molar-refractivity contribution in [1.82, 2.24) is 19.5 Å². The molecule has 4 rings (SSSR count). The van der Waals surface area contributed by atoms with Crippen molar-refractivity contribution >= 4 is 41.4 Å². The number of aromatic nitrogens is 4. The average molecular weight is 487 g/mol. The van der Waals surface area contributed by atoms with Crippen LogP contribution in [0.5, 0.6) is 0 Å². The number of anilines is 1. The monoisotopic (exact) mass is 487 g/mol. The molecule has 0 aliphatic carbocycles. The molecule has 166 valence electrons. The molecule has 0 bridgehead atoms. The molecule has 0 radical (unpaired) electrons. The number of aromatic amines is 1. The molecule has 2 aromatic heterocycles. The van der Waals surface area contributed by atoms with Crippen LogP contribution in [-0.4, -0.2) is 54.7 Å². The van der Waals surface area contributed by atoms with Gasteiger partial charge in [-0.1, -0.05) is 0 Å². The first-order valence-corrected chi connectivity index (χ1v) is 11.9. The van der Waals surface area contributed by atoms with Crippen molar-refractivity contribution in [3.05, 3.63) is 16.7 Å². The smallest absolute Gasteiger partial charge is 0.346 e. The van der Waals surface area contributed by atoms with E-state index in [4.69, 9.17) is 15.0 Å². The number of nitrogens with zero attached hydrogens (tertiary/aromatic N) is 3. The molecule has 20 heteroatoms. The van der Waals surface area contributed by atoms with Gasteiger partial charge in [-0.15, -0.1) is 0 Å². The van der Waals surface area contributed by atoms with Crippen LogP contribution in [0.2, 0.25) is 0 Å². The Morgan fingerprint density at radius 1 is 1.30 bits per heavy atom. The minimum atomic E-state index is -5.21. The zero-order valence-electron chi connectivity index (χ0n) is 14.3. The highest BCUT2D eigenvalue weighted by Gasteiger charge is 2.46. The van der Waals surface area contributed by atoms with Crippen molar-refractivity contribution < 1.29 is 51.3 Å². The van der Waals surface area contributed by atoms with E-state index in [2.05, 4.69) is 27.9 Å². The van der Waals surface area contributed by atoms with E-state index < -0.39 is 61.0 Å². The van der Waals surface area contributed by atoms with E-state index in [1.807, 2.05) is 0 Å². The van der Waals surface area contributed by atoms with Gasteiger partial charge in [0, 0.05) is 0 Å². The van der Waals surface area contributed by atoms with E-state index in [0.717, 1.165) is 10.9 Å². The van der Waals surface area contributed by atoms with Gasteiger partial charge in [0.25, 0.3) is 21.2 Å². The van der Waals surface area contributed by atoms with Crippen LogP contribution in [0.3, 0.4) is 0 Å². The third-order valence-electron chi connectivity index (χ3n) is 3.94. The van der Waals surface area contributed by atoms with Gasteiger partial charge in [0.15, 0.2) is 17.4 Å². The summed E-state index contributed by atoms with van der Waals surface area (Å²) >= 11 is 0. The van der Waals surface area contributed by atoms with Gasteiger partial charge in [-0.05, 0) is 0 Å². The molecule has 0 spiro atoms. The van der Waals surface area contributed by atoms with E-state index in [1.165, 1.54) is 0 Å². The number of hydrogen-bond donors (Lipinski definition) is 4. The Kier molecular flexibility index (Phi) is 5.60. The fourth-order valence-electron chi connectivity index (χ4n) is 2.74. The third kappa shape index (κ3) is 4.21. The quantitative estimate of drug-likeness (QED) is 0.327. The summed E-state index contributed by atoms with van der Waals surface area (Å²) in [5.41, 5.74) is 4.74. The average Bonchev–Trinajstić information content (AvgIpc) is 3.13. The summed E-state index contributed by atoms with van der Waals surface area (Å²) in [4.78, 5) is 44.4. The topological polar surface area (TPSA) is 256 Å². The number of aliphatic hydroxyl groups excluding tert-OH is 2. The first-order valence-electron chi connectivity index (χ1n) is 7.85. The number of ether oxygens (including phenoxy) is 1. The molecule has 2 saturated heterocycles. The Balaban J connectivity index is 1.50. The number of hydrogen-bond acceptors (Lipinski definition) is 15. The zero-order chi connectivity index (χ0) is 21.8. The predicted octanol–water partition coefficient (Wildman–Crippen LogP) is -2.44.